The highest BCUT2D eigenvalue weighted by atomic mass is 35.5. The van der Waals surface area contributed by atoms with Gasteiger partial charge in [0.25, 0.3) is 0 Å². The molecule has 1 aromatic rings. The number of hydrogen-bond donors (Lipinski definition) is 2. The molecule has 1 aliphatic rings. The van der Waals surface area contributed by atoms with E-state index in [-0.39, 0.29) is 24.0 Å². The zero-order chi connectivity index (χ0) is 16.5. The second-order valence-corrected chi connectivity index (χ2v) is 8.36. The molecule has 122 valence electrons. The molecule has 1 aliphatic heterocycles. The maximum atomic E-state index is 12.0. The normalized spacial score (nSPS) is 23.7. The van der Waals surface area contributed by atoms with Gasteiger partial charge in [-0.05, 0) is 25.2 Å². The van der Waals surface area contributed by atoms with Gasteiger partial charge in [0.15, 0.2) is 9.84 Å². The minimum Gasteiger partial charge on any atom is -0.390 e. The molecule has 0 spiro atoms. The van der Waals surface area contributed by atoms with Crippen LogP contribution in [0.3, 0.4) is 0 Å². The van der Waals surface area contributed by atoms with Gasteiger partial charge in [0.1, 0.15) is 0 Å². The summed E-state index contributed by atoms with van der Waals surface area (Å²) in [5.41, 5.74) is 0.454. The summed E-state index contributed by atoms with van der Waals surface area (Å²) in [7, 11) is -1.66. The second-order valence-electron chi connectivity index (χ2n) is 5.33. The largest absolute Gasteiger partial charge is 0.390 e. The number of rotatable bonds is 4. The lowest BCUT2D eigenvalue weighted by Crippen LogP contribution is -2.44. The van der Waals surface area contributed by atoms with Crippen molar-refractivity contribution in [3.05, 3.63) is 28.2 Å². The van der Waals surface area contributed by atoms with Crippen molar-refractivity contribution in [3.63, 3.8) is 0 Å². The van der Waals surface area contributed by atoms with Crippen LogP contribution < -0.4 is 5.32 Å². The zero-order valence-corrected chi connectivity index (χ0v) is 14.1. The van der Waals surface area contributed by atoms with Gasteiger partial charge in [-0.25, -0.2) is 8.42 Å². The van der Waals surface area contributed by atoms with Crippen LogP contribution in [-0.2, 0) is 14.6 Å². The highest BCUT2D eigenvalue weighted by molar-refractivity contribution is 7.91. The quantitative estimate of drug-likeness (QED) is 0.830. The highest BCUT2D eigenvalue weighted by Crippen LogP contribution is 2.22. The average Bonchev–Trinajstić information content (AvgIpc) is 2.61. The van der Waals surface area contributed by atoms with Crippen molar-refractivity contribution in [1.29, 1.82) is 0 Å². The molecule has 1 aromatic carbocycles. The van der Waals surface area contributed by atoms with E-state index in [2.05, 4.69) is 5.32 Å². The van der Waals surface area contributed by atoms with E-state index < -0.39 is 22.0 Å². The van der Waals surface area contributed by atoms with Gasteiger partial charge in [0, 0.05) is 15.7 Å². The van der Waals surface area contributed by atoms with Crippen molar-refractivity contribution < 1.29 is 18.3 Å². The van der Waals surface area contributed by atoms with E-state index in [1.807, 2.05) is 0 Å². The number of hydrogen-bond acceptors (Lipinski definition) is 5. The van der Waals surface area contributed by atoms with Gasteiger partial charge in [-0.15, -0.1) is 0 Å². The second kappa shape index (κ2) is 6.72. The SMILES string of the molecule is CN(CC(=O)Nc1cc(Cl)cc(Cl)c1)C1CS(=O)(=O)CC1O. The molecule has 1 saturated heterocycles. The van der Waals surface area contributed by atoms with E-state index in [1.54, 1.807) is 25.2 Å². The molecule has 2 unspecified atom stereocenters. The van der Waals surface area contributed by atoms with E-state index in [4.69, 9.17) is 23.2 Å². The first-order valence-electron chi connectivity index (χ1n) is 6.51. The molecule has 0 aromatic heterocycles. The predicted molar refractivity (Wildman–Crippen MR) is 86.2 cm³/mol. The van der Waals surface area contributed by atoms with Crippen molar-refractivity contribution in [2.45, 2.75) is 12.1 Å². The summed E-state index contributed by atoms with van der Waals surface area (Å²) in [5.74, 6) is -0.772. The van der Waals surface area contributed by atoms with Crippen LogP contribution in [0.5, 0.6) is 0 Å². The van der Waals surface area contributed by atoms with Crippen molar-refractivity contribution in [3.8, 4) is 0 Å². The number of aliphatic hydroxyl groups excluding tert-OH is 1. The van der Waals surface area contributed by atoms with Gasteiger partial charge in [0.2, 0.25) is 5.91 Å². The van der Waals surface area contributed by atoms with Crippen molar-refractivity contribution in [1.82, 2.24) is 4.90 Å². The van der Waals surface area contributed by atoms with E-state index in [0.29, 0.717) is 15.7 Å². The number of sulfone groups is 1. The minimum absolute atomic E-state index is 0.0542. The first-order chi connectivity index (χ1) is 10.2. The Morgan fingerprint density at radius 2 is 1.91 bits per heavy atom. The molecule has 2 N–H and O–H groups in total. The van der Waals surface area contributed by atoms with Gasteiger partial charge in [-0.2, -0.15) is 0 Å². The van der Waals surface area contributed by atoms with Crippen molar-refractivity contribution in [2.75, 3.05) is 30.4 Å². The van der Waals surface area contributed by atoms with Crippen LogP contribution in [0.15, 0.2) is 18.2 Å². The van der Waals surface area contributed by atoms with Crippen LogP contribution >= 0.6 is 23.2 Å². The summed E-state index contributed by atoms with van der Waals surface area (Å²) in [6.45, 7) is -0.0542. The molecule has 0 aliphatic carbocycles. The number of carbonyl (C=O) groups is 1. The Hall–Kier alpha value is -0.860. The van der Waals surface area contributed by atoms with Crippen LogP contribution in [0.25, 0.3) is 0 Å². The molecule has 6 nitrogen and oxygen atoms in total. The number of nitrogens with zero attached hydrogens (tertiary/aromatic N) is 1. The van der Waals surface area contributed by atoms with Gasteiger partial charge < -0.3 is 10.4 Å². The molecule has 2 atom stereocenters. The molecule has 22 heavy (non-hydrogen) atoms. The molecular formula is C13H16Cl2N2O4S. The van der Waals surface area contributed by atoms with Crippen LogP contribution in [0.4, 0.5) is 5.69 Å². The number of halogens is 2. The van der Waals surface area contributed by atoms with E-state index >= 15 is 0 Å². The molecule has 1 heterocycles. The number of likely N-dealkylation sites (N-methyl/N-ethyl adjacent to an activating group) is 1. The van der Waals surface area contributed by atoms with Crippen molar-refractivity contribution >= 4 is 44.6 Å². The molecule has 0 radical (unpaired) electrons. The Balaban J connectivity index is 1.97. The summed E-state index contributed by atoms with van der Waals surface area (Å²) >= 11 is 11.7. The average molecular weight is 367 g/mol. The van der Waals surface area contributed by atoms with Crippen LogP contribution in [0.1, 0.15) is 0 Å². The third-order valence-electron chi connectivity index (χ3n) is 3.40. The zero-order valence-electron chi connectivity index (χ0n) is 11.8. The molecule has 1 fully saturated rings. The highest BCUT2D eigenvalue weighted by Gasteiger charge is 2.39. The van der Waals surface area contributed by atoms with Gasteiger partial charge in [-0.1, -0.05) is 23.2 Å². The molecular weight excluding hydrogens is 351 g/mol. The van der Waals surface area contributed by atoms with E-state index in [9.17, 15) is 18.3 Å². The molecule has 2 rings (SSSR count). The third kappa shape index (κ3) is 4.57. The number of amides is 1. The summed E-state index contributed by atoms with van der Waals surface area (Å²) in [6, 6.07) is 4.07. The monoisotopic (exact) mass is 366 g/mol. The Morgan fingerprint density at radius 3 is 2.41 bits per heavy atom. The molecule has 0 saturated carbocycles. The molecule has 1 amide bonds. The lowest BCUT2D eigenvalue weighted by atomic mass is 10.2. The van der Waals surface area contributed by atoms with Crippen LogP contribution in [0, 0.1) is 0 Å². The summed E-state index contributed by atoms with van der Waals surface area (Å²) in [5, 5.41) is 13.2. The predicted octanol–water partition coefficient (Wildman–Crippen LogP) is 1.02. The van der Waals surface area contributed by atoms with Gasteiger partial charge >= 0.3 is 0 Å². The Bertz CT molecular complexity index is 660. The number of anilines is 1. The first-order valence-corrected chi connectivity index (χ1v) is 9.09. The number of benzene rings is 1. The summed E-state index contributed by atoms with van der Waals surface area (Å²) in [4.78, 5) is 13.5. The van der Waals surface area contributed by atoms with Crippen molar-refractivity contribution in [2.24, 2.45) is 0 Å². The smallest absolute Gasteiger partial charge is 0.238 e. The summed E-state index contributed by atoms with van der Waals surface area (Å²) in [6.07, 6.45) is -0.983. The van der Waals surface area contributed by atoms with Crippen LogP contribution in [-0.4, -0.2) is 61.6 Å². The van der Waals surface area contributed by atoms with Gasteiger partial charge in [-0.3, -0.25) is 9.69 Å². The number of carbonyl (C=O) groups excluding carboxylic acids is 1. The number of aliphatic hydroxyl groups is 1. The fraction of sp³-hybridized carbons (Fsp3) is 0.462. The Kier molecular flexibility index (Phi) is 5.34. The fourth-order valence-electron chi connectivity index (χ4n) is 2.40. The number of nitrogens with one attached hydrogen (secondary N) is 1. The Labute approximate surface area is 138 Å². The standard InChI is InChI=1S/C13H16Cl2N2O4S/c1-17(11-6-22(20,21)7-12(11)18)5-13(19)16-10-3-8(14)2-9(15)4-10/h2-4,11-12,18H,5-7H2,1H3,(H,16,19). The van der Waals surface area contributed by atoms with Crippen LogP contribution in [0.2, 0.25) is 10.0 Å². The first kappa shape index (κ1) is 17.5. The summed E-state index contributed by atoms with van der Waals surface area (Å²) < 4.78 is 23.0. The maximum Gasteiger partial charge on any atom is 0.238 e. The topological polar surface area (TPSA) is 86.7 Å². The third-order valence-corrected chi connectivity index (χ3v) is 5.53. The minimum atomic E-state index is -3.25. The Morgan fingerprint density at radius 1 is 1.32 bits per heavy atom. The van der Waals surface area contributed by atoms with E-state index in [0.717, 1.165) is 0 Å². The van der Waals surface area contributed by atoms with Gasteiger partial charge in [0.05, 0.1) is 30.2 Å². The fourth-order valence-corrected chi connectivity index (χ4v) is 4.80. The maximum absolute atomic E-state index is 12.0. The van der Waals surface area contributed by atoms with E-state index in [1.165, 1.54) is 4.90 Å². The lowest BCUT2D eigenvalue weighted by molar-refractivity contribution is -0.117. The lowest BCUT2D eigenvalue weighted by Gasteiger charge is -2.25. The molecule has 0 bridgehead atoms. The molecule has 9 heteroatoms.